The Morgan fingerprint density at radius 1 is 1.29 bits per heavy atom. The number of methoxy groups -OCH3 is 1. The SMILES string of the molecule is CNc1nc(NCCS(N)(=O)=O)nc(OC)n1. The van der Waals surface area contributed by atoms with Crippen LogP contribution >= 0.6 is 0 Å². The van der Waals surface area contributed by atoms with E-state index < -0.39 is 10.0 Å². The summed E-state index contributed by atoms with van der Waals surface area (Å²) in [5, 5.41) is 10.3. The summed E-state index contributed by atoms with van der Waals surface area (Å²) in [6, 6.07) is 0.127. The van der Waals surface area contributed by atoms with Gasteiger partial charge in [-0.05, 0) is 0 Å². The Hall–Kier alpha value is -1.68. The molecule has 4 N–H and O–H groups in total. The van der Waals surface area contributed by atoms with Crippen LogP contribution in [-0.4, -0.2) is 49.8 Å². The highest BCUT2D eigenvalue weighted by Gasteiger charge is 2.07. The molecule has 0 aliphatic rings. The molecular formula is C7H14N6O3S. The minimum atomic E-state index is -3.51. The van der Waals surface area contributed by atoms with Gasteiger partial charge in [-0.3, -0.25) is 0 Å². The van der Waals surface area contributed by atoms with Crippen LogP contribution in [0.25, 0.3) is 0 Å². The molecule has 0 aliphatic carbocycles. The molecular weight excluding hydrogens is 248 g/mol. The number of nitrogens with zero attached hydrogens (tertiary/aromatic N) is 3. The molecule has 0 spiro atoms. The molecule has 1 heterocycles. The predicted octanol–water partition coefficient (Wildman–Crippen LogP) is -1.38. The van der Waals surface area contributed by atoms with E-state index in [-0.39, 0.29) is 24.3 Å². The molecule has 0 aliphatic heterocycles. The number of nitrogens with one attached hydrogen (secondary N) is 2. The first kappa shape index (κ1) is 13.4. The number of hydrogen-bond donors (Lipinski definition) is 3. The highest BCUT2D eigenvalue weighted by Crippen LogP contribution is 2.09. The summed E-state index contributed by atoms with van der Waals surface area (Å²) >= 11 is 0. The van der Waals surface area contributed by atoms with Gasteiger partial charge in [0.15, 0.2) is 0 Å². The monoisotopic (exact) mass is 262 g/mol. The molecule has 96 valence electrons. The molecule has 0 atom stereocenters. The molecule has 17 heavy (non-hydrogen) atoms. The zero-order valence-electron chi connectivity index (χ0n) is 9.47. The second kappa shape index (κ2) is 5.59. The normalized spacial score (nSPS) is 11.0. The van der Waals surface area contributed by atoms with E-state index in [4.69, 9.17) is 9.88 Å². The smallest absolute Gasteiger partial charge is 0.322 e. The van der Waals surface area contributed by atoms with Gasteiger partial charge in [0.25, 0.3) is 0 Å². The third kappa shape index (κ3) is 4.78. The van der Waals surface area contributed by atoms with Crippen LogP contribution in [0.4, 0.5) is 11.9 Å². The molecule has 0 saturated carbocycles. The van der Waals surface area contributed by atoms with E-state index in [1.165, 1.54) is 7.11 Å². The molecule has 0 bridgehead atoms. The summed E-state index contributed by atoms with van der Waals surface area (Å²) < 4.78 is 26.3. The first-order valence-corrected chi connectivity index (χ1v) is 6.38. The average Bonchev–Trinajstić information content (AvgIpc) is 2.26. The number of aromatic nitrogens is 3. The topological polar surface area (TPSA) is 132 Å². The summed E-state index contributed by atoms with van der Waals surface area (Å²) in [6.45, 7) is 0.106. The zero-order chi connectivity index (χ0) is 12.9. The van der Waals surface area contributed by atoms with Crippen LogP contribution in [0.1, 0.15) is 0 Å². The Balaban J connectivity index is 2.70. The lowest BCUT2D eigenvalue weighted by molar-refractivity contribution is 0.379. The Morgan fingerprint density at radius 2 is 1.94 bits per heavy atom. The minimum absolute atomic E-state index is 0.106. The largest absolute Gasteiger partial charge is 0.467 e. The molecule has 10 heteroatoms. The molecule has 1 rings (SSSR count). The fourth-order valence-electron chi connectivity index (χ4n) is 0.944. The quantitative estimate of drug-likeness (QED) is 0.571. The number of primary sulfonamides is 1. The van der Waals surface area contributed by atoms with E-state index in [9.17, 15) is 8.42 Å². The van der Waals surface area contributed by atoms with Gasteiger partial charge in [0, 0.05) is 13.6 Å². The minimum Gasteiger partial charge on any atom is -0.467 e. The van der Waals surface area contributed by atoms with E-state index >= 15 is 0 Å². The molecule has 9 nitrogen and oxygen atoms in total. The fraction of sp³-hybridized carbons (Fsp3) is 0.571. The van der Waals surface area contributed by atoms with E-state index in [0.717, 1.165) is 0 Å². The van der Waals surface area contributed by atoms with Crippen LogP contribution in [0.2, 0.25) is 0 Å². The van der Waals surface area contributed by atoms with E-state index in [2.05, 4.69) is 25.6 Å². The van der Waals surface area contributed by atoms with E-state index in [1.54, 1.807) is 7.05 Å². The van der Waals surface area contributed by atoms with Crippen molar-refractivity contribution in [1.29, 1.82) is 0 Å². The van der Waals surface area contributed by atoms with Crippen molar-refractivity contribution in [2.24, 2.45) is 5.14 Å². The van der Waals surface area contributed by atoms with Gasteiger partial charge in [-0.2, -0.15) is 15.0 Å². The zero-order valence-corrected chi connectivity index (χ0v) is 10.3. The summed E-state index contributed by atoms with van der Waals surface area (Å²) in [4.78, 5) is 11.7. The number of anilines is 2. The molecule has 0 aromatic carbocycles. The lowest BCUT2D eigenvalue weighted by atomic mass is 10.7. The molecule has 0 radical (unpaired) electrons. The summed E-state index contributed by atoms with van der Waals surface area (Å²) in [7, 11) is -0.445. The molecule has 0 unspecified atom stereocenters. The maximum atomic E-state index is 10.7. The van der Waals surface area contributed by atoms with Gasteiger partial charge < -0.3 is 15.4 Å². The first-order chi connectivity index (χ1) is 7.94. The van der Waals surface area contributed by atoms with Crippen LogP contribution in [0.15, 0.2) is 0 Å². The summed E-state index contributed by atoms with van der Waals surface area (Å²) in [5.41, 5.74) is 0. The standard InChI is InChI=1S/C7H14N6O3S/c1-9-5-11-6(13-7(12-5)16-2)10-3-4-17(8,14)15/h3-4H2,1-2H3,(H2,8,14,15)(H2,9,10,11,12,13). The van der Waals surface area contributed by atoms with Crippen LogP contribution in [-0.2, 0) is 10.0 Å². The summed E-state index contributed by atoms with van der Waals surface area (Å²) in [6.07, 6.45) is 0. The number of ether oxygens (including phenoxy) is 1. The Morgan fingerprint density at radius 3 is 2.47 bits per heavy atom. The van der Waals surface area contributed by atoms with Gasteiger partial charge in [-0.15, -0.1) is 0 Å². The van der Waals surface area contributed by atoms with E-state index in [1.807, 2.05) is 0 Å². The molecule has 0 amide bonds. The van der Waals surface area contributed by atoms with Crippen molar-refractivity contribution in [3.05, 3.63) is 0 Å². The molecule has 1 aromatic heterocycles. The van der Waals surface area contributed by atoms with Crippen molar-refractivity contribution in [1.82, 2.24) is 15.0 Å². The number of hydrogen-bond acceptors (Lipinski definition) is 8. The third-order valence-electron chi connectivity index (χ3n) is 1.69. The maximum absolute atomic E-state index is 10.7. The Bertz CT molecular complexity index is 454. The van der Waals surface area contributed by atoms with Crippen LogP contribution in [0, 0.1) is 0 Å². The van der Waals surface area contributed by atoms with Gasteiger partial charge in [0.05, 0.1) is 12.9 Å². The van der Waals surface area contributed by atoms with Crippen molar-refractivity contribution in [2.45, 2.75) is 0 Å². The highest BCUT2D eigenvalue weighted by molar-refractivity contribution is 7.89. The Kier molecular flexibility index (Phi) is 4.40. The predicted molar refractivity (Wildman–Crippen MR) is 62.4 cm³/mol. The highest BCUT2D eigenvalue weighted by atomic mass is 32.2. The molecule has 0 fully saturated rings. The third-order valence-corrected chi connectivity index (χ3v) is 2.46. The van der Waals surface area contributed by atoms with Crippen LogP contribution < -0.4 is 20.5 Å². The van der Waals surface area contributed by atoms with Crippen molar-refractivity contribution in [3.8, 4) is 6.01 Å². The van der Waals surface area contributed by atoms with Gasteiger partial charge in [-0.1, -0.05) is 0 Å². The molecule has 0 saturated heterocycles. The lowest BCUT2D eigenvalue weighted by Gasteiger charge is -2.06. The van der Waals surface area contributed by atoms with Gasteiger partial charge in [0.2, 0.25) is 21.9 Å². The average molecular weight is 262 g/mol. The second-order valence-electron chi connectivity index (χ2n) is 3.01. The van der Waals surface area contributed by atoms with Crippen LogP contribution in [0.3, 0.4) is 0 Å². The van der Waals surface area contributed by atoms with Gasteiger partial charge >= 0.3 is 6.01 Å². The van der Waals surface area contributed by atoms with Gasteiger partial charge in [-0.25, -0.2) is 13.6 Å². The Labute approximate surface area is 98.9 Å². The van der Waals surface area contributed by atoms with Crippen molar-refractivity contribution >= 4 is 21.9 Å². The number of sulfonamides is 1. The second-order valence-corrected chi connectivity index (χ2v) is 4.75. The maximum Gasteiger partial charge on any atom is 0.322 e. The number of nitrogens with two attached hydrogens (primary N) is 1. The molecule has 1 aromatic rings. The van der Waals surface area contributed by atoms with Crippen LogP contribution in [0.5, 0.6) is 6.01 Å². The fourth-order valence-corrected chi connectivity index (χ4v) is 1.33. The van der Waals surface area contributed by atoms with Crippen molar-refractivity contribution in [2.75, 3.05) is 37.1 Å². The van der Waals surface area contributed by atoms with Crippen molar-refractivity contribution in [3.63, 3.8) is 0 Å². The lowest BCUT2D eigenvalue weighted by Crippen LogP contribution is -2.23. The number of rotatable bonds is 6. The van der Waals surface area contributed by atoms with E-state index in [0.29, 0.717) is 5.95 Å². The summed E-state index contributed by atoms with van der Waals surface area (Å²) in [5.74, 6) is 0.315. The van der Waals surface area contributed by atoms with Crippen molar-refractivity contribution < 1.29 is 13.2 Å². The first-order valence-electron chi connectivity index (χ1n) is 4.67. The van der Waals surface area contributed by atoms with Gasteiger partial charge in [0.1, 0.15) is 0 Å².